The predicted octanol–water partition coefficient (Wildman–Crippen LogP) is 2.28. The fraction of sp³-hybridized carbons (Fsp3) is 0.421. The van der Waals surface area contributed by atoms with Crippen molar-refractivity contribution in [3.8, 4) is 0 Å². The molecular formula is C19H25N3O3S. The lowest BCUT2D eigenvalue weighted by atomic mass is 10.0. The molecule has 1 unspecified atom stereocenters. The lowest BCUT2D eigenvalue weighted by Crippen LogP contribution is -2.41. The molecule has 0 saturated carbocycles. The molecule has 1 fully saturated rings. The van der Waals surface area contributed by atoms with Gasteiger partial charge in [-0.05, 0) is 24.6 Å². The van der Waals surface area contributed by atoms with E-state index in [0.717, 1.165) is 13.1 Å². The predicted molar refractivity (Wildman–Crippen MR) is 102 cm³/mol. The topological polar surface area (TPSA) is 71.5 Å². The van der Waals surface area contributed by atoms with Gasteiger partial charge in [-0.15, -0.1) is 0 Å². The minimum Gasteiger partial charge on any atom is -0.379 e. The van der Waals surface area contributed by atoms with Crippen LogP contribution in [0.5, 0.6) is 0 Å². The van der Waals surface area contributed by atoms with Crippen LogP contribution in [0.1, 0.15) is 17.2 Å². The number of anilines is 1. The standard InChI is InChI=1S/C19H25N3O3S/c1-15-5-7-16(8-6-15)17(22-10-12-25-13-11-22)14-21-19-18(26(2,23)24)4-3-9-20-19/h3-9,17H,10-14H2,1-2H3,(H,20,21). The second-order valence-corrected chi connectivity index (χ2v) is 8.56. The second kappa shape index (κ2) is 8.16. The number of nitrogens with one attached hydrogen (secondary N) is 1. The maximum Gasteiger partial charge on any atom is 0.179 e. The first-order chi connectivity index (χ1) is 12.4. The van der Waals surface area contributed by atoms with Crippen molar-refractivity contribution in [2.24, 2.45) is 0 Å². The number of nitrogens with zero attached hydrogens (tertiary/aromatic N) is 2. The van der Waals surface area contributed by atoms with Gasteiger partial charge >= 0.3 is 0 Å². The fourth-order valence-electron chi connectivity index (χ4n) is 3.15. The Kier molecular flexibility index (Phi) is 5.90. The number of hydrogen-bond acceptors (Lipinski definition) is 6. The van der Waals surface area contributed by atoms with Gasteiger partial charge in [0.15, 0.2) is 9.84 Å². The van der Waals surface area contributed by atoms with E-state index in [9.17, 15) is 8.42 Å². The van der Waals surface area contributed by atoms with Crippen molar-refractivity contribution in [3.05, 3.63) is 53.7 Å². The number of aryl methyl sites for hydroxylation is 1. The first kappa shape index (κ1) is 18.8. The van der Waals surface area contributed by atoms with Crippen molar-refractivity contribution >= 4 is 15.7 Å². The summed E-state index contributed by atoms with van der Waals surface area (Å²) in [5.74, 6) is 0.403. The summed E-state index contributed by atoms with van der Waals surface area (Å²) in [6.45, 7) is 5.75. The van der Waals surface area contributed by atoms with E-state index >= 15 is 0 Å². The molecule has 1 saturated heterocycles. The smallest absolute Gasteiger partial charge is 0.179 e. The van der Waals surface area contributed by atoms with Gasteiger partial charge in [0.05, 0.1) is 19.3 Å². The van der Waals surface area contributed by atoms with Crippen molar-refractivity contribution < 1.29 is 13.2 Å². The molecule has 1 aliphatic rings. The van der Waals surface area contributed by atoms with Gasteiger partial charge < -0.3 is 10.1 Å². The van der Waals surface area contributed by atoms with Crippen molar-refractivity contribution in [2.75, 3.05) is 44.4 Å². The van der Waals surface area contributed by atoms with Gasteiger partial charge in [-0.1, -0.05) is 29.8 Å². The van der Waals surface area contributed by atoms with Crippen LogP contribution < -0.4 is 5.32 Å². The molecule has 140 valence electrons. The summed E-state index contributed by atoms with van der Waals surface area (Å²) in [7, 11) is -3.34. The van der Waals surface area contributed by atoms with E-state index in [1.165, 1.54) is 17.4 Å². The minimum absolute atomic E-state index is 0.119. The van der Waals surface area contributed by atoms with E-state index in [4.69, 9.17) is 4.74 Å². The molecule has 26 heavy (non-hydrogen) atoms. The Morgan fingerprint density at radius 1 is 1.19 bits per heavy atom. The molecular weight excluding hydrogens is 350 g/mol. The molecule has 1 aliphatic heterocycles. The zero-order chi connectivity index (χ0) is 18.6. The molecule has 6 nitrogen and oxygen atoms in total. The number of hydrogen-bond donors (Lipinski definition) is 1. The lowest BCUT2D eigenvalue weighted by molar-refractivity contribution is 0.0187. The van der Waals surface area contributed by atoms with Crippen LogP contribution in [0, 0.1) is 6.92 Å². The maximum absolute atomic E-state index is 12.0. The quantitative estimate of drug-likeness (QED) is 0.835. The van der Waals surface area contributed by atoms with Crippen LogP contribution >= 0.6 is 0 Å². The highest BCUT2D eigenvalue weighted by molar-refractivity contribution is 7.90. The number of sulfone groups is 1. The van der Waals surface area contributed by atoms with Crippen LogP contribution in [-0.2, 0) is 14.6 Å². The van der Waals surface area contributed by atoms with E-state index < -0.39 is 9.84 Å². The van der Waals surface area contributed by atoms with E-state index in [1.807, 2.05) is 0 Å². The SMILES string of the molecule is Cc1ccc(C(CNc2ncccc2S(C)(=O)=O)N2CCOCC2)cc1. The van der Waals surface area contributed by atoms with Crippen molar-refractivity contribution in [3.63, 3.8) is 0 Å². The van der Waals surface area contributed by atoms with Crippen LogP contribution in [-0.4, -0.2) is 57.4 Å². The molecule has 0 amide bonds. The highest BCUT2D eigenvalue weighted by Gasteiger charge is 2.23. The summed E-state index contributed by atoms with van der Waals surface area (Å²) in [5, 5.41) is 3.26. The van der Waals surface area contributed by atoms with Crippen molar-refractivity contribution in [2.45, 2.75) is 17.9 Å². The van der Waals surface area contributed by atoms with Crippen molar-refractivity contribution in [1.82, 2.24) is 9.88 Å². The molecule has 7 heteroatoms. The highest BCUT2D eigenvalue weighted by Crippen LogP contribution is 2.25. The van der Waals surface area contributed by atoms with Crippen molar-refractivity contribution in [1.29, 1.82) is 0 Å². The minimum atomic E-state index is -3.34. The molecule has 0 aliphatic carbocycles. The Hall–Kier alpha value is -1.96. The van der Waals surface area contributed by atoms with Crippen LogP contribution in [0.15, 0.2) is 47.5 Å². The van der Waals surface area contributed by atoms with Gasteiger partial charge in [0.1, 0.15) is 10.7 Å². The van der Waals surface area contributed by atoms with E-state index in [2.05, 4.69) is 46.4 Å². The first-order valence-electron chi connectivity index (χ1n) is 8.72. The molecule has 1 N–H and O–H groups in total. The van der Waals surface area contributed by atoms with Gasteiger partial charge in [0.25, 0.3) is 0 Å². The molecule has 0 radical (unpaired) electrons. The summed E-state index contributed by atoms with van der Waals surface area (Å²) in [6.07, 6.45) is 2.81. The third-order valence-corrected chi connectivity index (χ3v) is 5.71. The number of morpholine rings is 1. The summed E-state index contributed by atoms with van der Waals surface area (Å²) in [4.78, 5) is 6.83. The van der Waals surface area contributed by atoms with Crippen LogP contribution in [0.2, 0.25) is 0 Å². The van der Waals surface area contributed by atoms with E-state index in [1.54, 1.807) is 18.3 Å². The highest BCUT2D eigenvalue weighted by atomic mass is 32.2. The van der Waals surface area contributed by atoms with E-state index in [-0.39, 0.29) is 10.9 Å². The normalized spacial score (nSPS) is 17.0. The molecule has 2 heterocycles. The fourth-order valence-corrected chi connectivity index (χ4v) is 3.95. The zero-order valence-corrected chi connectivity index (χ0v) is 16.0. The molecule has 1 aromatic heterocycles. The summed E-state index contributed by atoms with van der Waals surface area (Å²) in [6, 6.07) is 11.8. The Morgan fingerprint density at radius 2 is 1.88 bits per heavy atom. The van der Waals surface area contributed by atoms with Crippen LogP contribution in [0.4, 0.5) is 5.82 Å². The zero-order valence-electron chi connectivity index (χ0n) is 15.2. The third kappa shape index (κ3) is 4.60. The lowest BCUT2D eigenvalue weighted by Gasteiger charge is -2.35. The van der Waals surface area contributed by atoms with E-state index in [0.29, 0.717) is 25.6 Å². The Morgan fingerprint density at radius 3 is 2.54 bits per heavy atom. The molecule has 2 aromatic rings. The van der Waals surface area contributed by atoms with Gasteiger partial charge in [0, 0.05) is 32.1 Å². The van der Waals surface area contributed by atoms with Gasteiger partial charge in [0.2, 0.25) is 0 Å². The Bertz CT molecular complexity index is 831. The number of ether oxygens (including phenoxy) is 1. The van der Waals surface area contributed by atoms with Gasteiger partial charge in [-0.25, -0.2) is 13.4 Å². The molecule has 1 atom stereocenters. The third-order valence-electron chi connectivity index (χ3n) is 4.58. The number of aromatic nitrogens is 1. The second-order valence-electron chi connectivity index (χ2n) is 6.58. The number of benzene rings is 1. The van der Waals surface area contributed by atoms with Crippen LogP contribution in [0.3, 0.4) is 0 Å². The molecule has 0 bridgehead atoms. The Balaban J connectivity index is 1.84. The maximum atomic E-state index is 12.0. The number of pyridine rings is 1. The number of rotatable bonds is 6. The van der Waals surface area contributed by atoms with Gasteiger partial charge in [-0.3, -0.25) is 4.90 Å². The average molecular weight is 375 g/mol. The molecule has 3 rings (SSSR count). The largest absolute Gasteiger partial charge is 0.379 e. The average Bonchev–Trinajstić information content (AvgIpc) is 2.64. The summed E-state index contributed by atoms with van der Waals surface area (Å²) >= 11 is 0. The molecule has 1 aromatic carbocycles. The first-order valence-corrected chi connectivity index (χ1v) is 10.6. The Labute approximate surface area is 155 Å². The summed E-state index contributed by atoms with van der Waals surface area (Å²) in [5.41, 5.74) is 2.41. The molecule has 0 spiro atoms. The van der Waals surface area contributed by atoms with Gasteiger partial charge in [-0.2, -0.15) is 0 Å². The van der Waals surface area contributed by atoms with Crippen LogP contribution in [0.25, 0.3) is 0 Å². The summed E-state index contributed by atoms with van der Waals surface area (Å²) < 4.78 is 29.5. The monoisotopic (exact) mass is 375 g/mol.